The van der Waals surface area contributed by atoms with Gasteiger partial charge in [0.1, 0.15) is 11.9 Å². The van der Waals surface area contributed by atoms with E-state index < -0.39 is 17.8 Å². The molecule has 0 spiro atoms. The molecule has 1 aromatic carbocycles. The van der Waals surface area contributed by atoms with Crippen LogP contribution in [0.1, 0.15) is 29.9 Å². The SMILES string of the molecule is CC(C)[C@H](NC(=O)c1ccccc1F)C(=O)NCCc1ccccn1. The van der Waals surface area contributed by atoms with Gasteiger partial charge >= 0.3 is 0 Å². The fraction of sp³-hybridized carbons (Fsp3) is 0.316. The molecule has 1 atom stereocenters. The fourth-order valence-corrected chi connectivity index (χ4v) is 2.37. The average molecular weight is 343 g/mol. The first-order valence-electron chi connectivity index (χ1n) is 8.22. The van der Waals surface area contributed by atoms with E-state index in [1.807, 2.05) is 32.0 Å². The van der Waals surface area contributed by atoms with Crippen molar-refractivity contribution in [2.45, 2.75) is 26.3 Å². The molecule has 25 heavy (non-hydrogen) atoms. The molecule has 1 aromatic heterocycles. The third-order valence-corrected chi connectivity index (χ3v) is 3.76. The highest BCUT2D eigenvalue weighted by Crippen LogP contribution is 2.09. The maximum Gasteiger partial charge on any atom is 0.254 e. The number of nitrogens with one attached hydrogen (secondary N) is 2. The predicted octanol–water partition coefficient (Wildman–Crippen LogP) is 2.33. The molecule has 0 unspecified atom stereocenters. The number of hydrogen-bond acceptors (Lipinski definition) is 3. The third kappa shape index (κ3) is 5.38. The topological polar surface area (TPSA) is 71.1 Å². The van der Waals surface area contributed by atoms with Gasteiger partial charge in [-0.2, -0.15) is 0 Å². The standard InChI is InChI=1S/C19H22FN3O2/c1-13(2)17(23-18(24)15-8-3-4-9-16(15)20)19(25)22-12-10-14-7-5-6-11-21-14/h3-9,11,13,17H,10,12H2,1-2H3,(H,22,25)(H,23,24)/t17-/m0/s1. The lowest BCUT2D eigenvalue weighted by molar-refractivity contribution is -0.123. The molecule has 0 aliphatic rings. The van der Waals surface area contributed by atoms with E-state index in [-0.39, 0.29) is 17.4 Å². The Balaban J connectivity index is 1.94. The molecule has 0 bridgehead atoms. The summed E-state index contributed by atoms with van der Waals surface area (Å²) in [5, 5.41) is 5.41. The zero-order chi connectivity index (χ0) is 18.2. The van der Waals surface area contributed by atoms with E-state index in [9.17, 15) is 14.0 Å². The van der Waals surface area contributed by atoms with Crippen LogP contribution >= 0.6 is 0 Å². The Labute approximate surface area is 146 Å². The lowest BCUT2D eigenvalue weighted by Crippen LogP contribution is -2.50. The Hall–Kier alpha value is -2.76. The smallest absolute Gasteiger partial charge is 0.254 e. The van der Waals surface area contributed by atoms with E-state index in [0.717, 1.165) is 5.69 Å². The Morgan fingerprint density at radius 1 is 1.12 bits per heavy atom. The van der Waals surface area contributed by atoms with Crippen LogP contribution in [-0.2, 0) is 11.2 Å². The van der Waals surface area contributed by atoms with Gasteiger partial charge in [0.15, 0.2) is 0 Å². The lowest BCUT2D eigenvalue weighted by atomic mass is 10.0. The molecule has 2 amide bonds. The summed E-state index contributed by atoms with van der Waals surface area (Å²) in [5.74, 6) is -1.64. The maximum absolute atomic E-state index is 13.7. The Morgan fingerprint density at radius 3 is 2.48 bits per heavy atom. The van der Waals surface area contributed by atoms with Crippen molar-refractivity contribution in [2.75, 3.05) is 6.54 Å². The zero-order valence-electron chi connectivity index (χ0n) is 14.3. The van der Waals surface area contributed by atoms with Crippen LogP contribution < -0.4 is 10.6 Å². The summed E-state index contributed by atoms with van der Waals surface area (Å²) < 4.78 is 13.7. The zero-order valence-corrected chi connectivity index (χ0v) is 14.3. The summed E-state index contributed by atoms with van der Waals surface area (Å²) in [6, 6.07) is 10.5. The molecule has 2 N–H and O–H groups in total. The van der Waals surface area contributed by atoms with E-state index in [0.29, 0.717) is 13.0 Å². The molecular formula is C19H22FN3O2. The molecule has 1 heterocycles. The number of carbonyl (C=O) groups excluding carboxylic acids is 2. The highest BCUT2D eigenvalue weighted by Gasteiger charge is 2.25. The number of rotatable bonds is 7. The van der Waals surface area contributed by atoms with Gasteiger partial charge in [0, 0.05) is 24.9 Å². The van der Waals surface area contributed by atoms with Crippen molar-refractivity contribution < 1.29 is 14.0 Å². The minimum atomic E-state index is -0.740. The first-order valence-corrected chi connectivity index (χ1v) is 8.22. The summed E-state index contributed by atoms with van der Waals surface area (Å²) in [6.45, 7) is 4.06. The van der Waals surface area contributed by atoms with Crippen molar-refractivity contribution in [2.24, 2.45) is 5.92 Å². The van der Waals surface area contributed by atoms with Crippen LogP contribution in [0.3, 0.4) is 0 Å². The van der Waals surface area contributed by atoms with Crippen LogP contribution in [0.15, 0.2) is 48.7 Å². The number of pyridine rings is 1. The number of hydrogen-bond donors (Lipinski definition) is 2. The number of aromatic nitrogens is 1. The van der Waals surface area contributed by atoms with E-state index in [1.165, 1.54) is 18.2 Å². The molecule has 0 aliphatic carbocycles. The Morgan fingerprint density at radius 2 is 1.84 bits per heavy atom. The van der Waals surface area contributed by atoms with E-state index >= 15 is 0 Å². The van der Waals surface area contributed by atoms with E-state index in [4.69, 9.17) is 0 Å². The minimum absolute atomic E-state index is 0.0746. The number of benzene rings is 1. The van der Waals surface area contributed by atoms with Crippen LogP contribution in [0.4, 0.5) is 4.39 Å². The molecule has 6 heteroatoms. The van der Waals surface area contributed by atoms with Gasteiger partial charge in [0.2, 0.25) is 5.91 Å². The summed E-state index contributed by atoms with van der Waals surface area (Å²) in [4.78, 5) is 28.8. The maximum atomic E-state index is 13.7. The van der Waals surface area contributed by atoms with Crippen molar-refractivity contribution in [1.82, 2.24) is 15.6 Å². The molecule has 0 saturated carbocycles. The first kappa shape index (κ1) is 18.6. The normalized spacial score (nSPS) is 11.8. The van der Waals surface area contributed by atoms with Crippen molar-refractivity contribution in [3.63, 3.8) is 0 Å². The van der Waals surface area contributed by atoms with Gasteiger partial charge in [-0.15, -0.1) is 0 Å². The second-order valence-corrected chi connectivity index (χ2v) is 6.04. The van der Waals surface area contributed by atoms with Gasteiger partial charge in [-0.3, -0.25) is 14.6 Å². The molecule has 0 aliphatic heterocycles. The van der Waals surface area contributed by atoms with Crippen molar-refractivity contribution in [1.29, 1.82) is 0 Å². The monoisotopic (exact) mass is 343 g/mol. The molecular weight excluding hydrogens is 321 g/mol. The largest absolute Gasteiger partial charge is 0.354 e. The first-order chi connectivity index (χ1) is 12.0. The number of nitrogens with zero attached hydrogens (tertiary/aromatic N) is 1. The molecule has 0 radical (unpaired) electrons. The molecule has 5 nitrogen and oxygen atoms in total. The Kier molecular flexibility index (Phi) is 6.62. The van der Waals surface area contributed by atoms with Gasteiger partial charge in [-0.25, -0.2) is 4.39 Å². The number of halogens is 1. The summed E-state index contributed by atoms with van der Waals surface area (Å²) >= 11 is 0. The molecule has 2 aromatic rings. The van der Waals surface area contributed by atoms with Crippen molar-refractivity contribution in [3.8, 4) is 0 Å². The summed E-state index contributed by atoms with van der Waals surface area (Å²) in [7, 11) is 0. The van der Waals surface area contributed by atoms with Crippen LogP contribution in [0.25, 0.3) is 0 Å². The second-order valence-electron chi connectivity index (χ2n) is 6.04. The highest BCUT2D eigenvalue weighted by atomic mass is 19.1. The summed E-state index contributed by atoms with van der Waals surface area (Å²) in [5.41, 5.74) is 0.800. The predicted molar refractivity (Wildman–Crippen MR) is 93.4 cm³/mol. The van der Waals surface area contributed by atoms with Gasteiger partial charge in [0.25, 0.3) is 5.91 Å². The van der Waals surface area contributed by atoms with Gasteiger partial charge in [-0.05, 0) is 30.2 Å². The third-order valence-electron chi connectivity index (χ3n) is 3.76. The van der Waals surface area contributed by atoms with Crippen molar-refractivity contribution in [3.05, 3.63) is 65.7 Å². The molecule has 132 valence electrons. The van der Waals surface area contributed by atoms with Gasteiger partial charge in [0.05, 0.1) is 5.56 Å². The van der Waals surface area contributed by atoms with Crippen LogP contribution in [0.2, 0.25) is 0 Å². The summed E-state index contributed by atoms with van der Waals surface area (Å²) in [6.07, 6.45) is 2.29. The average Bonchev–Trinajstić information content (AvgIpc) is 2.60. The van der Waals surface area contributed by atoms with E-state index in [1.54, 1.807) is 12.3 Å². The van der Waals surface area contributed by atoms with Gasteiger partial charge < -0.3 is 10.6 Å². The molecule has 0 saturated heterocycles. The fourth-order valence-electron chi connectivity index (χ4n) is 2.37. The quantitative estimate of drug-likeness (QED) is 0.811. The van der Waals surface area contributed by atoms with Crippen LogP contribution in [0.5, 0.6) is 0 Å². The minimum Gasteiger partial charge on any atom is -0.354 e. The molecule has 0 fully saturated rings. The second kappa shape index (κ2) is 8.92. The van der Waals surface area contributed by atoms with E-state index in [2.05, 4.69) is 15.6 Å². The highest BCUT2D eigenvalue weighted by molar-refractivity contribution is 5.97. The van der Waals surface area contributed by atoms with Gasteiger partial charge in [-0.1, -0.05) is 32.0 Å². The van der Waals surface area contributed by atoms with Crippen LogP contribution in [0, 0.1) is 11.7 Å². The van der Waals surface area contributed by atoms with Crippen LogP contribution in [-0.4, -0.2) is 29.4 Å². The van der Waals surface area contributed by atoms with Crippen molar-refractivity contribution >= 4 is 11.8 Å². The molecule has 2 rings (SSSR count). The Bertz CT molecular complexity index is 720. The number of carbonyl (C=O) groups is 2. The lowest BCUT2D eigenvalue weighted by Gasteiger charge is -2.22. The number of amides is 2.